The number of halogens is 1. The number of nitrogens with zero attached hydrogens (tertiary/aromatic N) is 1. The Kier molecular flexibility index (Phi) is 3.39. The maximum absolute atomic E-state index is 10.4. The van der Waals surface area contributed by atoms with Crippen molar-refractivity contribution in [3.05, 3.63) is 28.5 Å². The summed E-state index contributed by atoms with van der Waals surface area (Å²) in [5.74, 6) is -0.914. The highest BCUT2D eigenvalue weighted by Crippen LogP contribution is 2.21. The number of carboxylic acid groups (broad SMARTS) is 1. The molecule has 1 aromatic rings. The van der Waals surface area contributed by atoms with Gasteiger partial charge < -0.3 is 10.8 Å². The first-order valence-corrected chi connectivity index (χ1v) is 4.48. The maximum Gasteiger partial charge on any atom is 0.305 e. The van der Waals surface area contributed by atoms with Crippen LogP contribution in [0, 0.1) is 0 Å². The minimum atomic E-state index is -0.914. The van der Waals surface area contributed by atoms with Crippen LogP contribution in [-0.4, -0.2) is 16.1 Å². The molecule has 13 heavy (non-hydrogen) atoms. The molecular weight excluding hydrogens is 236 g/mol. The second-order valence-corrected chi connectivity index (χ2v) is 3.34. The number of nitrogens with two attached hydrogens (primary N) is 1. The summed E-state index contributed by atoms with van der Waals surface area (Å²) in [6.45, 7) is 0. The molecule has 0 saturated carbocycles. The highest BCUT2D eigenvalue weighted by molar-refractivity contribution is 9.10. The van der Waals surface area contributed by atoms with Crippen molar-refractivity contribution in [3.63, 3.8) is 0 Å². The summed E-state index contributed by atoms with van der Waals surface area (Å²) >= 11 is 3.20. The molecule has 1 rings (SSSR count). The van der Waals surface area contributed by atoms with Crippen LogP contribution in [-0.2, 0) is 4.79 Å². The fraction of sp³-hybridized carbons (Fsp3) is 0.250. The van der Waals surface area contributed by atoms with Crippen LogP contribution in [0.3, 0.4) is 0 Å². The van der Waals surface area contributed by atoms with E-state index in [-0.39, 0.29) is 6.42 Å². The zero-order chi connectivity index (χ0) is 9.84. The summed E-state index contributed by atoms with van der Waals surface area (Å²) in [4.78, 5) is 14.3. The van der Waals surface area contributed by atoms with E-state index in [0.29, 0.717) is 10.2 Å². The molecule has 4 nitrogen and oxygen atoms in total. The molecule has 0 aliphatic heterocycles. The van der Waals surface area contributed by atoms with Crippen molar-refractivity contribution in [2.45, 2.75) is 12.5 Å². The summed E-state index contributed by atoms with van der Waals surface area (Å²) in [6.07, 6.45) is 1.52. The van der Waals surface area contributed by atoms with Gasteiger partial charge in [-0.15, -0.1) is 0 Å². The van der Waals surface area contributed by atoms with Crippen molar-refractivity contribution in [2.75, 3.05) is 0 Å². The number of hydrogen-bond acceptors (Lipinski definition) is 3. The van der Waals surface area contributed by atoms with Crippen molar-refractivity contribution < 1.29 is 9.90 Å². The first-order chi connectivity index (χ1) is 6.11. The summed E-state index contributed by atoms with van der Waals surface area (Å²) in [5, 5.41) is 8.52. The number of rotatable bonds is 3. The Labute approximate surface area is 83.9 Å². The SMILES string of the molecule is NC(CC(=O)O)c1cccnc1Br. The van der Waals surface area contributed by atoms with Crippen LogP contribution >= 0.6 is 15.9 Å². The van der Waals surface area contributed by atoms with Gasteiger partial charge in [0.2, 0.25) is 0 Å². The lowest BCUT2D eigenvalue weighted by molar-refractivity contribution is -0.137. The largest absolute Gasteiger partial charge is 0.481 e. The lowest BCUT2D eigenvalue weighted by Crippen LogP contribution is -2.15. The molecule has 1 aromatic heterocycles. The highest BCUT2D eigenvalue weighted by atomic mass is 79.9. The van der Waals surface area contributed by atoms with Crippen LogP contribution in [0.25, 0.3) is 0 Å². The summed E-state index contributed by atoms with van der Waals surface area (Å²) in [6, 6.07) is 2.97. The first kappa shape index (κ1) is 10.1. The molecule has 0 saturated heterocycles. The number of carboxylic acids is 1. The first-order valence-electron chi connectivity index (χ1n) is 3.69. The zero-order valence-corrected chi connectivity index (χ0v) is 8.36. The number of carbonyl (C=O) groups is 1. The monoisotopic (exact) mass is 244 g/mol. The molecule has 0 fully saturated rings. The van der Waals surface area contributed by atoms with Gasteiger partial charge in [0.05, 0.1) is 6.42 Å². The molecule has 0 aliphatic carbocycles. The minimum Gasteiger partial charge on any atom is -0.481 e. The molecule has 0 aliphatic rings. The Morgan fingerprint density at radius 2 is 2.46 bits per heavy atom. The smallest absolute Gasteiger partial charge is 0.305 e. The molecule has 0 spiro atoms. The standard InChI is InChI=1S/C8H9BrN2O2/c9-8-5(2-1-3-11-8)6(10)4-7(12)13/h1-3,6H,4,10H2,(H,12,13). The molecule has 0 radical (unpaired) electrons. The molecule has 0 amide bonds. The van der Waals surface area contributed by atoms with Crippen LogP contribution in [0.15, 0.2) is 22.9 Å². The van der Waals surface area contributed by atoms with Gasteiger partial charge in [0.1, 0.15) is 4.60 Å². The fourth-order valence-electron chi connectivity index (χ4n) is 0.973. The van der Waals surface area contributed by atoms with Crippen molar-refractivity contribution in [1.82, 2.24) is 4.98 Å². The number of pyridine rings is 1. The van der Waals surface area contributed by atoms with E-state index in [9.17, 15) is 4.79 Å². The zero-order valence-electron chi connectivity index (χ0n) is 6.77. The second-order valence-electron chi connectivity index (χ2n) is 2.59. The van der Waals surface area contributed by atoms with Gasteiger partial charge >= 0.3 is 5.97 Å². The number of hydrogen-bond donors (Lipinski definition) is 2. The van der Waals surface area contributed by atoms with Gasteiger partial charge in [0, 0.05) is 17.8 Å². The highest BCUT2D eigenvalue weighted by Gasteiger charge is 2.13. The van der Waals surface area contributed by atoms with Gasteiger partial charge in [-0.2, -0.15) is 0 Å². The van der Waals surface area contributed by atoms with Crippen LogP contribution in [0.5, 0.6) is 0 Å². The summed E-state index contributed by atoms with van der Waals surface area (Å²) < 4.78 is 0.601. The molecule has 0 aromatic carbocycles. The van der Waals surface area contributed by atoms with Gasteiger partial charge in [-0.05, 0) is 22.0 Å². The molecule has 0 bridgehead atoms. The third-order valence-corrected chi connectivity index (χ3v) is 2.24. The Balaban J connectivity index is 2.82. The molecule has 1 unspecified atom stereocenters. The third-order valence-electron chi connectivity index (χ3n) is 1.58. The van der Waals surface area contributed by atoms with Crippen LogP contribution < -0.4 is 5.73 Å². The Hall–Kier alpha value is -0.940. The van der Waals surface area contributed by atoms with E-state index >= 15 is 0 Å². The van der Waals surface area contributed by atoms with Gasteiger partial charge in [-0.1, -0.05) is 6.07 Å². The molecule has 5 heteroatoms. The van der Waals surface area contributed by atoms with E-state index in [1.54, 1.807) is 18.3 Å². The quantitative estimate of drug-likeness (QED) is 0.787. The predicted octanol–water partition coefficient (Wildman–Crippen LogP) is 1.32. The van der Waals surface area contributed by atoms with Gasteiger partial charge in [0.15, 0.2) is 0 Å². The van der Waals surface area contributed by atoms with Crippen LogP contribution in [0.2, 0.25) is 0 Å². The molecule has 3 N–H and O–H groups in total. The molecule has 1 atom stereocenters. The number of aliphatic carboxylic acids is 1. The van der Waals surface area contributed by atoms with Crippen molar-refractivity contribution >= 4 is 21.9 Å². The van der Waals surface area contributed by atoms with Crippen LogP contribution in [0.4, 0.5) is 0 Å². The Morgan fingerprint density at radius 1 is 1.77 bits per heavy atom. The van der Waals surface area contributed by atoms with E-state index in [4.69, 9.17) is 10.8 Å². The van der Waals surface area contributed by atoms with Crippen LogP contribution in [0.1, 0.15) is 18.0 Å². The van der Waals surface area contributed by atoms with Gasteiger partial charge in [-0.3, -0.25) is 4.79 Å². The second kappa shape index (κ2) is 4.34. The topological polar surface area (TPSA) is 76.2 Å². The summed E-state index contributed by atoms with van der Waals surface area (Å²) in [7, 11) is 0. The van der Waals surface area contributed by atoms with Gasteiger partial charge in [-0.25, -0.2) is 4.98 Å². The average molecular weight is 245 g/mol. The van der Waals surface area contributed by atoms with E-state index in [2.05, 4.69) is 20.9 Å². The molecule has 70 valence electrons. The van der Waals surface area contributed by atoms with Crippen molar-refractivity contribution in [1.29, 1.82) is 0 Å². The van der Waals surface area contributed by atoms with Crippen molar-refractivity contribution in [3.8, 4) is 0 Å². The fourth-order valence-corrected chi connectivity index (χ4v) is 1.52. The maximum atomic E-state index is 10.4. The van der Waals surface area contributed by atoms with E-state index in [1.165, 1.54) is 0 Å². The van der Waals surface area contributed by atoms with Gasteiger partial charge in [0.25, 0.3) is 0 Å². The third kappa shape index (κ3) is 2.78. The lowest BCUT2D eigenvalue weighted by atomic mass is 10.1. The van der Waals surface area contributed by atoms with Crippen molar-refractivity contribution in [2.24, 2.45) is 5.73 Å². The number of aromatic nitrogens is 1. The Bertz CT molecular complexity index is 317. The summed E-state index contributed by atoms with van der Waals surface area (Å²) in [5.41, 5.74) is 6.36. The minimum absolute atomic E-state index is 0.0930. The predicted molar refractivity (Wildman–Crippen MR) is 51.1 cm³/mol. The van der Waals surface area contributed by atoms with E-state index < -0.39 is 12.0 Å². The lowest BCUT2D eigenvalue weighted by Gasteiger charge is -2.09. The van der Waals surface area contributed by atoms with E-state index in [1.807, 2.05) is 0 Å². The Morgan fingerprint density at radius 3 is 3.00 bits per heavy atom. The normalized spacial score (nSPS) is 12.5. The van der Waals surface area contributed by atoms with E-state index in [0.717, 1.165) is 0 Å². The molecule has 1 heterocycles. The molecular formula is C8H9BrN2O2. The average Bonchev–Trinajstić information content (AvgIpc) is 2.03.